The van der Waals surface area contributed by atoms with E-state index in [1.807, 2.05) is 0 Å². The summed E-state index contributed by atoms with van der Waals surface area (Å²) in [6.45, 7) is 4.69. The van der Waals surface area contributed by atoms with Crippen LogP contribution in [0.2, 0.25) is 0 Å². The number of hydrogen-bond donors (Lipinski definition) is 1. The molecule has 0 saturated carbocycles. The van der Waals surface area contributed by atoms with Gasteiger partial charge in [-0.15, -0.1) is 0 Å². The minimum absolute atomic E-state index is 0. The molecule has 1 rings (SSSR count). The minimum atomic E-state index is -4.61. The quantitative estimate of drug-likeness (QED) is 0.121. The molecule has 0 aliphatic carbocycles. The number of carbonyl (C=O) groups is 2. The molecule has 7 nitrogen and oxygen atoms in total. The zero-order chi connectivity index (χ0) is 23.8. The number of unbranched alkanes of at least 4 members (excludes halogenated alkanes) is 10. The van der Waals surface area contributed by atoms with Gasteiger partial charge in [0.25, 0.3) is 10.1 Å². The third-order valence-electron chi connectivity index (χ3n) is 5.14. The average Bonchev–Trinajstić information content (AvgIpc) is 2.76. The Bertz CT molecular complexity index is 772. The molecule has 33 heavy (non-hydrogen) atoms. The summed E-state index contributed by atoms with van der Waals surface area (Å²) < 4.78 is 43.0. The van der Waals surface area contributed by atoms with Crippen molar-refractivity contribution in [2.45, 2.75) is 95.8 Å². The Morgan fingerprint density at radius 3 is 1.45 bits per heavy atom. The Balaban J connectivity index is -0.00000341. The Morgan fingerprint density at radius 2 is 1.09 bits per heavy atom. The maximum absolute atomic E-state index is 12.4. The van der Waals surface area contributed by atoms with Crippen LogP contribution < -0.4 is 0 Å². The Morgan fingerprint density at radius 1 is 0.727 bits per heavy atom. The van der Waals surface area contributed by atoms with Gasteiger partial charge in [-0.3, -0.25) is 4.55 Å². The van der Waals surface area contributed by atoms with Crippen LogP contribution in [0.5, 0.6) is 0 Å². The second-order valence-electron chi connectivity index (χ2n) is 8.03. The first-order valence-corrected chi connectivity index (χ1v) is 13.2. The molecule has 0 heterocycles. The van der Waals surface area contributed by atoms with E-state index in [2.05, 4.69) is 13.8 Å². The topological polar surface area (TPSA) is 107 Å². The number of esters is 2. The number of hydrogen-bond acceptors (Lipinski definition) is 6. The first-order valence-electron chi connectivity index (χ1n) is 11.8. The molecule has 0 unspecified atom stereocenters. The van der Waals surface area contributed by atoms with Crippen molar-refractivity contribution in [3.05, 3.63) is 29.3 Å². The summed E-state index contributed by atoms with van der Waals surface area (Å²) in [6.07, 6.45) is 12.4. The van der Waals surface area contributed by atoms with Crippen molar-refractivity contribution in [1.29, 1.82) is 0 Å². The molecular weight excluding hydrogens is 472 g/mol. The Kier molecular flexibility index (Phi) is 18.3. The zero-order valence-electron chi connectivity index (χ0n) is 22.1. The molecule has 0 spiro atoms. The van der Waals surface area contributed by atoms with Gasteiger partial charge in [0.2, 0.25) is 0 Å². The van der Waals surface area contributed by atoms with Gasteiger partial charge >= 0.3 is 49.7 Å². The van der Waals surface area contributed by atoms with Crippen LogP contribution in [-0.2, 0) is 19.6 Å². The van der Waals surface area contributed by atoms with Gasteiger partial charge in [-0.05, 0) is 31.0 Å². The standard InChI is InChI=1S/C24H38O7S.Ca.2H/c1-3-5-7-9-11-13-15-30-23(25)20-17-21(19-22(18-20)32(27,28)29)24(26)31-16-14-12-10-8-6-4-2;;;/h17-19H,3-16H2,1-2H3,(H,27,28,29);;;/q;+2;2*-1. The largest absolute Gasteiger partial charge is 2.00 e. The van der Waals surface area contributed by atoms with Crippen LogP contribution >= 0.6 is 0 Å². The zero-order valence-corrected chi connectivity index (χ0v) is 23.2. The van der Waals surface area contributed by atoms with E-state index in [1.54, 1.807) is 0 Å². The molecule has 1 N–H and O–H groups in total. The summed E-state index contributed by atoms with van der Waals surface area (Å²) in [5.41, 5.74) is -0.227. The van der Waals surface area contributed by atoms with Gasteiger partial charge in [-0.2, -0.15) is 8.42 Å². The molecule has 186 valence electrons. The van der Waals surface area contributed by atoms with Crippen molar-refractivity contribution in [1.82, 2.24) is 0 Å². The first kappa shape index (κ1) is 32.3. The molecule has 0 aliphatic heterocycles. The molecule has 1 aromatic rings. The molecule has 0 saturated heterocycles. The fraction of sp³-hybridized carbons (Fsp3) is 0.667. The fourth-order valence-corrected chi connectivity index (χ4v) is 3.80. The van der Waals surface area contributed by atoms with Gasteiger partial charge in [-0.25, -0.2) is 9.59 Å². The summed E-state index contributed by atoms with van der Waals surface area (Å²) in [6, 6.07) is 3.24. The second-order valence-corrected chi connectivity index (χ2v) is 9.45. The first-order chi connectivity index (χ1) is 15.3. The van der Waals surface area contributed by atoms with E-state index in [9.17, 15) is 22.6 Å². The summed E-state index contributed by atoms with van der Waals surface area (Å²) in [5.74, 6) is -1.48. The minimum Gasteiger partial charge on any atom is -1.00 e. The molecule has 0 atom stereocenters. The molecule has 0 amide bonds. The van der Waals surface area contributed by atoms with Crippen LogP contribution in [0.1, 0.15) is 114 Å². The van der Waals surface area contributed by atoms with E-state index in [0.29, 0.717) is 12.8 Å². The molecule has 9 heteroatoms. The number of carbonyl (C=O) groups excluding carboxylic acids is 2. The van der Waals surface area contributed by atoms with E-state index in [1.165, 1.54) is 18.9 Å². The summed E-state index contributed by atoms with van der Waals surface area (Å²) in [4.78, 5) is 24.2. The maximum Gasteiger partial charge on any atom is 2.00 e. The van der Waals surface area contributed by atoms with Gasteiger partial charge in [0, 0.05) is 0 Å². The number of rotatable bonds is 17. The predicted molar refractivity (Wildman–Crippen MR) is 132 cm³/mol. The van der Waals surface area contributed by atoms with Crippen molar-refractivity contribution >= 4 is 59.8 Å². The predicted octanol–water partition coefficient (Wildman–Crippen LogP) is 5.81. The number of ether oxygens (including phenoxy) is 2. The smallest absolute Gasteiger partial charge is 1.00 e. The molecule has 0 aliphatic rings. The van der Waals surface area contributed by atoms with E-state index in [-0.39, 0.29) is 64.9 Å². The van der Waals surface area contributed by atoms with Crippen LogP contribution in [0.25, 0.3) is 0 Å². The van der Waals surface area contributed by atoms with Crippen molar-refractivity contribution in [2.75, 3.05) is 13.2 Å². The van der Waals surface area contributed by atoms with Crippen LogP contribution in [0.3, 0.4) is 0 Å². The Hall–Kier alpha value is -0.670. The van der Waals surface area contributed by atoms with Crippen molar-refractivity contribution < 1.29 is 34.9 Å². The molecule has 0 bridgehead atoms. The van der Waals surface area contributed by atoms with Crippen molar-refractivity contribution in [3.8, 4) is 0 Å². The second kappa shape index (κ2) is 18.6. The molecule has 0 fully saturated rings. The van der Waals surface area contributed by atoms with E-state index < -0.39 is 27.0 Å². The third-order valence-corrected chi connectivity index (χ3v) is 5.97. The summed E-state index contributed by atoms with van der Waals surface area (Å²) in [7, 11) is -4.61. The van der Waals surface area contributed by atoms with Crippen molar-refractivity contribution in [3.63, 3.8) is 0 Å². The maximum atomic E-state index is 12.4. The molecule has 0 radical (unpaired) electrons. The fourth-order valence-electron chi connectivity index (χ4n) is 3.24. The van der Waals surface area contributed by atoms with Gasteiger partial charge < -0.3 is 12.3 Å². The molecule has 0 aromatic heterocycles. The van der Waals surface area contributed by atoms with Gasteiger partial charge in [0.1, 0.15) is 0 Å². The summed E-state index contributed by atoms with van der Waals surface area (Å²) >= 11 is 0. The van der Waals surface area contributed by atoms with Gasteiger partial charge in [-0.1, -0.05) is 78.1 Å². The number of benzene rings is 1. The normalized spacial score (nSPS) is 11.0. The van der Waals surface area contributed by atoms with E-state index in [0.717, 1.165) is 63.5 Å². The molecular formula is C24H40CaO7S. The van der Waals surface area contributed by atoms with Gasteiger partial charge in [0.15, 0.2) is 0 Å². The van der Waals surface area contributed by atoms with Crippen molar-refractivity contribution in [2.24, 2.45) is 0 Å². The van der Waals surface area contributed by atoms with Gasteiger partial charge in [0.05, 0.1) is 29.2 Å². The third kappa shape index (κ3) is 14.4. The van der Waals surface area contributed by atoms with Crippen LogP contribution in [0, 0.1) is 0 Å². The van der Waals surface area contributed by atoms with E-state index >= 15 is 0 Å². The van der Waals surface area contributed by atoms with E-state index in [4.69, 9.17) is 9.47 Å². The Labute approximate surface area is 231 Å². The van der Waals surface area contributed by atoms with Crippen LogP contribution in [0.4, 0.5) is 0 Å². The molecule has 1 aromatic carbocycles. The van der Waals surface area contributed by atoms with Crippen LogP contribution in [0.15, 0.2) is 23.1 Å². The SMILES string of the molecule is CCCCCCCCOC(=O)c1cc(C(=O)OCCCCCCCC)cc(S(=O)(=O)O)c1.[Ca+2].[H-].[H-]. The van der Waals surface area contributed by atoms with Crippen LogP contribution in [-0.4, -0.2) is 75.9 Å². The monoisotopic (exact) mass is 512 g/mol. The summed E-state index contributed by atoms with van der Waals surface area (Å²) in [5, 5.41) is 0. The average molecular weight is 513 g/mol.